The van der Waals surface area contributed by atoms with Crippen LogP contribution in [0.25, 0.3) is 6.08 Å². The zero-order chi connectivity index (χ0) is 13.7. The Morgan fingerprint density at radius 2 is 2.22 bits per heavy atom. The Morgan fingerprint density at radius 1 is 1.56 bits per heavy atom. The lowest BCUT2D eigenvalue weighted by atomic mass is 10.1. The number of nitrogens with zero attached hydrogens (tertiary/aromatic N) is 1. The number of methoxy groups -OCH3 is 1. The minimum absolute atomic E-state index is 0.0644. The number of allylic oxidation sites excluding steroid dienone is 1. The van der Waals surface area contributed by atoms with Crippen molar-refractivity contribution >= 4 is 22.0 Å². The van der Waals surface area contributed by atoms with Gasteiger partial charge in [0.2, 0.25) is 5.70 Å². The SMILES string of the molecule is CCOc1cc(/C=C(/C)[N+](=O)[O-])cc(Br)c1OC. The van der Waals surface area contributed by atoms with Crippen molar-refractivity contribution in [2.45, 2.75) is 13.8 Å². The van der Waals surface area contributed by atoms with Crippen molar-refractivity contribution in [3.63, 3.8) is 0 Å². The number of ether oxygens (including phenoxy) is 2. The quantitative estimate of drug-likeness (QED) is 0.616. The van der Waals surface area contributed by atoms with Crippen LogP contribution < -0.4 is 9.47 Å². The second-order valence-corrected chi connectivity index (χ2v) is 4.36. The molecule has 0 fully saturated rings. The number of hydrogen-bond donors (Lipinski definition) is 0. The molecule has 0 unspecified atom stereocenters. The number of rotatable bonds is 5. The van der Waals surface area contributed by atoms with Crippen LogP contribution in [-0.4, -0.2) is 18.6 Å². The summed E-state index contributed by atoms with van der Waals surface area (Å²) in [6.45, 7) is 3.79. The van der Waals surface area contributed by atoms with Gasteiger partial charge in [-0.15, -0.1) is 0 Å². The van der Waals surface area contributed by atoms with E-state index in [0.29, 0.717) is 28.1 Å². The van der Waals surface area contributed by atoms with E-state index in [4.69, 9.17) is 9.47 Å². The molecule has 0 heterocycles. The summed E-state index contributed by atoms with van der Waals surface area (Å²) in [6.07, 6.45) is 1.48. The Hall–Kier alpha value is -1.56. The molecule has 1 aromatic rings. The van der Waals surface area contributed by atoms with Crippen LogP contribution >= 0.6 is 15.9 Å². The molecule has 1 aromatic carbocycles. The molecule has 0 aliphatic rings. The largest absolute Gasteiger partial charge is 0.492 e. The fourth-order valence-electron chi connectivity index (χ4n) is 1.43. The molecule has 0 aliphatic heterocycles. The Kier molecular flexibility index (Phi) is 5.15. The summed E-state index contributed by atoms with van der Waals surface area (Å²) in [5.74, 6) is 1.13. The van der Waals surface area contributed by atoms with Crippen LogP contribution in [0.4, 0.5) is 0 Å². The second kappa shape index (κ2) is 6.39. The fourth-order valence-corrected chi connectivity index (χ4v) is 2.05. The maximum absolute atomic E-state index is 10.6. The summed E-state index contributed by atoms with van der Waals surface area (Å²) in [5, 5.41) is 10.6. The van der Waals surface area contributed by atoms with Gasteiger partial charge in [-0.3, -0.25) is 10.1 Å². The highest BCUT2D eigenvalue weighted by Gasteiger charge is 2.11. The van der Waals surface area contributed by atoms with Gasteiger partial charge in [-0.1, -0.05) is 0 Å². The van der Waals surface area contributed by atoms with Gasteiger partial charge < -0.3 is 9.47 Å². The molecule has 0 spiro atoms. The third kappa shape index (κ3) is 3.46. The first kappa shape index (κ1) is 14.5. The molecule has 0 atom stereocenters. The maximum Gasteiger partial charge on any atom is 0.243 e. The standard InChI is InChI=1S/C12H14BrNO4/c1-4-18-11-7-9(5-8(2)14(15)16)6-10(13)12(11)17-3/h5-7H,4H2,1-3H3/b8-5-. The van der Waals surface area contributed by atoms with Crippen LogP contribution in [0.5, 0.6) is 11.5 Å². The average molecular weight is 316 g/mol. The van der Waals surface area contributed by atoms with Crippen molar-refractivity contribution in [2.75, 3.05) is 13.7 Å². The van der Waals surface area contributed by atoms with Crippen LogP contribution in [0.1, 0.15) is 19.4 Å². The Bertz CT molecular complexity index is 485. The Morgan fingerprint density at radius 3 is 2.72 bits per heavy atom. The van der Waals surface area contributed by atoms with Crippen molar-refractivity contribution in [2.24, 2.45) is 0 Å². The number of hydrogen-bond acceptors (Lipinski definition) is 4. The van der Waals surface area contributed by atoms with E-state index < -0.39 is 4.92 Å². The van der Waals surface area contributed by atoms with Gasteiger partial charge >= 0.3 is 0 Å². The molecule has 18 heavy (non-hydrogen) atoms. The minimum atomic E-state index is -0.432. The highest BCUT2D eigenvalue weighted by Crippen LogP contribution is 2.37. The van der Waals surface area contributed by atoms with Gasteiger partial charge in [0.15, 0.2) is 11.5 Å². The lowest BCUT2D eigenvalue weighted by Gasteiger charge is -2.11. The molecule has 0 radical (unpaired) electrons. The second-order valence-electron chi connectivity index (χ2n) is 3.51. The van der Waals surface area contributed by atoms with Gasteiger partial charge in [0, 0.05) is 13.0 Å². The summed E-state index contributed by atoms with van der Waals surface area (Å²) < 4.78 is 11.3. The predicted molar refractivity (Wildman–Crippen MR) is 72.5 cm³/mol. The monoisotopic (exact) mass is 315 g/mol. The topological polar surface area (TPSA) is 61.6 Å². The van der Waals surface area contributed by atoms with E-state index in [-0.39, 0.29) is 5.70 Å². The molecule has 0 N–H and O–H groups in total. The molecule has 0 aromatic heterocycles. The predicted octanol–water partition coefficient (Wildman–Crippen LogP) is 3.49. The van der Waals surface area contributed by atoms with Crippen LogP contribution in [-0.2, 0) is 0 Å². The zero-order valence-electron chi connectivity index (χ0n) is 10.4. The lowest BCUT2D eigenvalue weighted by Crippen LogP contribution is -1.97. The smallest absolute Gasteiger partial charge is 0.243 e. The Balaban J connectivity index is 3.24. The average Bonchev–Trinajstić information content (AvgIpc) is 2.29. The molecule has 5 nitrogen and oxygen atoms in total. The highest BCUT2D eigenvalue weighted by molar-refractivity contribution is 9.10. The third-order valence-corrected chi connectivity index (χ3v) is 2.79. The van der Waals surface area contributed by atoms with Crippen molar-refractivity contribution in [1.29, 1.82) is 0 Å². The van der Waals surface area contributed by atoms with E-state index in [9.17, 15) is 10.1 Å². The first-order valence-electron chi connectivity index (χ1n) is 5.32. The van der Waals surface area contributed by atoms with E-state index in [1.54, 1.807) is 19.2 Å². The molecular weight excluding hydrogens is 302 g/mol. The highest BCUT2D eigenvalue weighted by atomic mass is 79.9. The van der Waals surface area contributed by atoms with Crippen molar-refractivity contribution in [1.82, 2.24) is 0 Å². The van der Waals surface area contributed by atoms with Crippen LogP contribution in [0.2, 0.25) is 0 Å². The van der Waals surface area contributed by atoms with Crippen LogP contribution in [0.3, 0.4) is 0 Å². The Labute approximate surface area is 114 Å². The van der Waals surface area contributed by atoms with Crippen LogP contribution in [0.15, 0.2) is 22.3 Å². The first-order chi connectivity index (χ1) is 8.49. The molecule has 1 rings (SSSR count). The summed E-state index contributed by atoms with van der Waals surface area (Å²) >= 11 is 3.35. The fraction of sp³-hybridized carbons (Fsp3) is 0.333. The minimum Gasteiger partial charge on any atom is -0.492 e. The van der Waals surface area contributed by atoms with Gasteiger partial charge in [-0.25, -0.2) is 0 Å². The summed E-state index contributed by atoms with van der Waals surface area (Å²) in [4.78, 5) is 10.2. The molecule has 0 saturated heterocycles. The normalized spacial score (nSPS) is 11.2. The number of benzene rings is 1. The number of halogens is 1. The molecular formula is C12H14BrNO4. The summed E-state index contributed by atoms with van der Waals surface area (Å²) in [6, 6.07) is 3.45. The van der Waals surface area contributed by atoms with Gasteiger partial charge in [0.1, 0.15) is 0 Å². The summed E-state index contributed by atoms with van der Waals surface area (Å²) in [5.41, 5.74) is 0.745. The van der Waals surface area contributed by atoms with Crippen molar-refractivity contribution in [3.05, 3.63) is 38.0 Å². The molecule has 6 heteroatoms. The lowest BCUT2D eigenvalue weighted by molar-refractivity contribution is -0.422. The molecule has 0 saturated carbocycles. The maximum atomic E-state index is 10.6. The van der Waals surface area contributed by atoms with E-state index >= 15 is 0 Å². The molecule has 0 amide bonds. The van der Waals surface area contributed by atoms with Gasteiger partial charge in [-0.05, 0) is 40.5 Å². The van der Waals surface area contributed by atoms with Gasteiger partial charge in [0.25, 0.3) is 0 Å². The molecule has 98 valence electrons. The van der Waals surface area contributed by atoms with Crippen LogP contribution in [0, 0.1) is 10.1 Å². The van der Waals surface area contributed by atoms with E-state index in [0.717, 1.165) is 0 Å². The van der Waals surface area contributed by atoms with Crippen molar-refractivity contribution < 1.29 is 14.4 Å². The van der Waals surface area contributed by atoms with E-state index in [2.05, 4.69) is 15.9 Å². The summed E-state index contributed by atoms with van der Waals surface area (Å²) in [7, 11) is 1.54. The molecule has 0 aliphatic carbocycles. The zero-order valence-corrected chi connectivity index (χ0v) is 12.0. The van der Waals surface area contributed by atoms with Gasteiger partial charge in [-0.2, -0.15) is 0 Å². The number of nitro groups is 1. The van der Waals surface area contributed by atoms with Gasteiger partial charge in [0.05, 0.1) is 23.1 Å². The van der Waals surface area contributed by atoms with Crippen molar-refractivity contribution in [3.8, 4) is 11.5 Å². The third-order valence-electron chi connectivity index (χ3n) is 2.20. The molecule has 0 bridgehead atoms. The first-order valence-corrected chi connectivity index (χ1v) is 6.12. The van der Waals surface area contributed by atoms with E-state index in [1.807, 2.05) is 6.92 Å². The van der Waals surface area contributed by atoms with E-state index in [1.165, 1.54) is 13.0 Å².